The van der Waals surface area contributed by atoms with Gasteiger partial charge in [-0.05, 0) is 28.1 Å². The van der Waals surface area contributed by atoms with Gasteiger partial charge in [0.05, 0.1) is 16.4 Å². The van der Waals surface area contributed by atoms with Crippen molar-refractivity contribution in [3.05, 3.63) is 46.7 Å². The van der Waals surface area contributed by atoms with Crippen molar-refractivity contribution in [1.29, 1.82) is 5.41 Å². The molecular weight excluding hydrogens is 256 g/mol. The lowest BCUT2D eigenvalue weighted by Crippen LogP contribution is -2.14. The molecule has 5 heteroatoms. The molecule has 4 nitrogen and oxygen atoms in total. The minimum atomic E-state index is 0.0391. The highest BCUT2D eigenvalue weighted by atomic mass is 79.9. The van der Waals surface area contributed by atoms with Gasteiger partial charge in [0.2, 0.25) is 0 Å². The smallest absolute Gasteiger partial charge is 0.124 e. The quantitative estimate of drug-likeness (QED) is 0.643. The Morgan fingerprint density at radius 2 is 2.13 bits per heavy atom. The summed E-state index contributed by atoms with van der Waals surface area (Å²) in [5.74, 6) is 0.0391. The van der Waals surface area contributed by atoms with Gasteiger partial charge in [0, 0.05) is 11.8 Å². The molecule has 0 bridgehead atoms. The molecule has 0 unspecified atom stereocenters. The highest BCUT2D eigenvalue weighted by Gasteiger charge is 2.06. The van der Waals surface area contributed by atoms with Gasteiger partial charge in [0.25, 0.3) is 0 Å². The maximum Gasteiger partial charge on any atom is 0.124 e. The number of halogens is 1. The van der Waals surface area contributed by atoms with Crippen LogP contribution in [0.2, 0.25) is 0 Å². The maximum absolute atomic E-state index is 7.46. The molecule has 0 aliphatic rings. The zero-order chi connectivity index (χ0) is 10.8. The lowest BCUT2D eigenvalue weighted by molar-refractivity contribution is 0.878. The van der Waals surface area contributed by atoms with E-state index in [2.05, 4.69) is 21.0 Å². The van der Waals surface area contributed by atoms with Gasteiger partial charge in [0.1, 0.15) is 5.84 Å². The van der Waals surface area contributed by atoms with Gasteiger partial charge < -0.3 is 5.73 Å². The van der Waals surface area contributed by atoms with E-state index >= 15 is 0 Å². The monoisotopic (exact) mass is 264 g/mol. The van der Waals surface area contributed by atoms with Crippen LogP contribution >= 0.6 is 15.9 Å². The molecule has 0 saturated heterocycles. The van der Waals surface area contributed by atoms with Crippen molar-refractivity contribution in [2.24, 2.45) is 5.73 Å². The molecule has 0 aliphatic carbocycles. The van der Waals surface area contributed by atoms with Crippen LogP contribution in [-0.4, -0.2) is 15.6 Å². The van der Waals surface area contributed by atoms with Crippen molar-refractivity contribution >= 4 is 21.8 Å². The van der Waals surface area contributed by atoms with Crippen LogP contribution < -0.4 is 5.73 Å². The van der Waals surface area contributed by atoms with Crippen LogP contribution in [0, 0.1) is 5.41 Å². The molecule has 3 N–H and O–H groups in total. The third-order valence-corrected chi connectivity index (χ3v) is 2.40. The fourth-order valence-corrected chi connectivity index (χ4v) is 1.62. The molecule has 2 aromatic rings. The first-order valence-corrected chi connectivity index (χ1v) is 5.12. The molecule has 0 fully saturated rings. The summed E-state index contributed by atoms with van der Waals surface area (Å²) in [7, 11) is 0. The third-order valence-electron chi connectivity index (χ3n) is 1.99. The predicted octanol–water partition coefficient (Wildman–Crippen LogP) is 1.92. The van der Waals surface area contributed by atoms with Gasteiger partial charge in [-0.3, -0.25) is 5.41 Å². The zero-order valence-electron chi connectivity index (χ0n) is 7.81. The largest absolute Gasteiger partial charge is 0.384 e. The number of nitrogens with one attached hydrogen (secondary N) is 1. The summed E-state index contributed by atoms with van der Waals surface area (Å²) in [4.78, 5) is 0. The van der Waals surface area contributed by atoms with Crippen molar-refractivity contribution in [2.45, 2.75) is 0 Å². The topological polar surface area (TPSA) is 67.7 Å². The van der Waals surface area contributed by atoms with Crippen LogP contribution in [-0.2, 0) is 0 Å². The van der Waals surface area contributed by atoms with Crippen molar-refractivity contribution in [1.82, 2.24) is 9.78 Å². The fraction of sp³-hybridized carbons (Fsp3) is 0. The van der Waals surface area contributed by atoms with E-state index in [1.807, 2.05) is 24.4 Å². The van der Waals surface area contributed by atoms with Crippen LogP contribution in [0.1, 0.15) is 5.56 Å². The fourth-order valence-electron chi connectivity index (χ4n) is 1.33. The molecule has 15 heavy (non-hydrogen) atoms. The second-order valence-corrected chi connectivity index (χ2v) is 3.95. The molecule has 0 atom stereocenters. The van der Waals surface area contributed by atoms with Crippen molar-refractivity contribution in [3.63, 3.8) is 0 Å². The number of nitrogens with zero attached hydrogens (tertiary/aromatic N) is 2. The first-order chi connectivity index (χ1) is 7.18. The number of aromatic nitrogens is 2. The summed E-state index contributed by atoms with van der Waals surface area (Å²) in [6.07, 6.45) is 3.51. The van der Waals surface area contributed by atoms with Crippen LogP contribution in [0.25, 0.3) is 5.69 Å². The van der Waals surface area contributed by atoms with Gasteiger partial charge in [-0.25, -0.2) is 4.68 Å². The van der Waals surface area contributed by atoms with E-state index in [0.717, 1.165) is 10.2 Å². The van der Waals surface area contributed by atoms with E-state index < -0.39 is 0 Å². The first kappa shape index (κ1) is 9.92. The standard InChI is InChI=1S/C10H9BrN4/c11-7-5-14-15(6-7)9-4-2-1-3-8(9)10(12)13/h1-6H,(H3,12,13). The number of nitrogens with two attached hydrogens (primary N) is 1. The molecule has 0 radical (unpaired) electrons. The molecule has 1 heterocycles. The first-order valence-electron chi connectivity index (χ1n) is 4.32. The van der Waals surface area contributed by atoms with Gasteiger partial charge in [-0.15, -0.1) is 0 Å². The third kappa shape index (κ3) is 1.92. The molecule has 2 rings (SSSR count). The van der Waals surface area contributed by atoms with Crippen LogP contribution in [0.5, 0.6) is 0 Å². The summed E-state index contributed by atoms with van der Waals surface area (Å²) < 4.78 is 2.57. The Balaban J connectivity index is 2.57. The molecule has 1 aromatic heterocycles. The number of nitrogen functional groups attached to an aromatic ring is 1. The van der Waals surface area contributed by atoms with Gasteiger partial charge >= 0.3 is 0 Å². The van der Waals surface area contributed by atoms with E-state index in [1.165, 1.54) is 0 Å². The van der Waals surface area contributed by atoms with E-state index in [9.17, 15) is 0 Å². The van der Waals surface area contributed by atoms with Gasteiger partial charge in [-0.2, -0.15) is 5.10 Å². The van der Waals surface area contributed by atoms with E-state index in [-0.39, 0.29) is 5.84 Å². The van der Waals surface area contributed by atoms with Crippen LogP contribution in [0.4, 0.5) is 0 Å². The molecule has 0 amide bonds. The Bertz CT molecular complexity index is 504. The minimum Gasteiger partial charge on any atom is -0.384 e. The highest BCUT2D eigenvalue weighted by Crippen LogP contribution is 2.15. The number of hydrogen-bond acceptors (Lipinski definition) is 2. The molecule has 76 valence electrons. The minimum absolute atomic E-state index is 0.0391. The Morgan fingerprint density at radius 3 is 2.73 bits per heavy atom. The Morgan fingerprint density at radius 1 is 1.40 bits per heavy atom. The van der Waals surface area contributed by atoms with Crippen LogP contribution in [0.3, 0.4) is 0 Å². The zero-order valence-corrected chi connectivity index (χ0v) is 9.40. The second kappa shape index (κ2) is 3.86. The number of para-hydroxylation sites is 1. The summed E-state index contributed by atoms with van der Waals surface area (Å²) >= 11 is 3.32. The average molecular weight is 265 g/mol. The number of hydrogen-bond donors (Lipinski definition) is 2. The van der Waals surface area contributed by atoms with Crippen molar-refractivity contribution in [2.75, 3.05) is 0 Å². The molecule has 0 spiro atoms. The summed E-state index contributed by atoms with van der Waals surface area (Å²) in [5, 5.41) is 11.6. The normalized spacial score (nSPS) is 10.2. The lowest BCUT2D eigenvalue weighted by Gasteiger charge is -2.07. The molecule has 0 aliphatic heterocycles. The van der Waals surface area contributed by atoms with E-state index in [0.29, 0.717) is 5.56 Å². The summed E-state index contributed by atoms with van der Waals surface area (Å²) in [6, 6.07) is 7.40. The molecular formula is C10H9BrN4. The SMILES string of the molecule is N=C(N)c1ccccc1-n1cc(Br)cn1. The van der Waals surface area contributed by atoms with Crippen molar-refractivity contribution < 1.29 is 0 Å². The summed E-state index contributed by atoms with van der Waals surface area (Å²) in [6.45, 7) is 0. The maximum atomic E-state index is 7.46. The molecule has 0 saturated carbocycles. The van der Waals surface area contributed by atoms with Crippen molar-refractivity contribution in [3.8, 4) is 5.69 Å². The van der Waals surface area contributed by atoms with Gasteiger partial charge in [-0.1, -0.05) is 12.1 Å². The Kier molecular flexibility index (Phi) is 2.55. The number of amidine groups is 1. The lowest BCUT2D eigenvalue weighted by atomic mass is 10.1. The second-order valence-electron chi connectivity index (χ2n) is 3.03. The number of benzene rings is 1. The van der Waals surface area contributed by atoms with E-state index in [1.54, 1.807) is 16.9 Å². The Hall–Kier alpha value is -1.62. The Labute approximate surface area is 95.4 Å². The predicted molar refractivity (Wildman–Crippen MR) is 62.3 cm³/mol. The number of rotatable bonds is 2. The average Bonchev–Trinajstić information content (AvgIpc) is 2.65. The highest BCUT2D eigenvalue weighted by molar-refractivity contribution is 9.10. The van der Waals surface area contributed by atoms with Gasteiger partial charge in [0.15, 0.2) is 0 Å². The summed E-state index contributed by atoms with van der Waals surface area (Å²) in [5.41, 5.74) is 6.96. The molecule has 1 aromatic carbocycles. The van der Waals surface area contributed by atoms with E-state index in [4.69, 9.17) is 11.1 Å². The van der Waals surface area contributed by atoms with Crippen LogP contribution in [0.15, 0.2) is 41.1 Å².